The van der Waals surface area contributed by atoms with Gasteiger partial charge in [0, 0.05) is 52.8 Å². The van der Waals surface area contributed by atoms with Crippen LogP contribution in [0.15, 0.2) is 49.1 Å². The predicted molar refractivity (Wildman–Crippen MR) is 315 cm³/mol. The second-order valence-corrected chi connectivity index (χ2v) is 35.0. The largest absolute Gasteiger partial charge is 0.493 e. The van der Waals surface area contributed by atoms with Crippen LogP contribution in [0.2, 0.25) is 33.2 Å². The van der Waals surface area contributed by atoms with E-state index in [0.29, 0.717) is 107 Å². The molecule has 18 heteroatoms. The molecule has 1 unspecified atom stereocenters. The summed E-state index contributed by atoms with van der Waals surface area (Å²) in [7, 11) is 4.93. The average Bonchev–Trinajstić information content (AvgIpc) is 3.98. The van der Waals surface area contributed by atoms with Gasteiger partial charge in [0.2, 0.25) is 11.5 Å². The van der Waals surface area contributed by atoms with Crippen molar-refractivity contribution >= 4 is 44.6 Å². The Labute approximate surface area is 465 Å². The van der Waals surface area contributed by atoms with E-state index < -0.39 is 33.4 Å². The summed E-state index contributed by atoms with van der Waals surface area (Å²) in [5, 5.41) is 30.6. The highest BCUT2D eigenvalue weighted by atomic mass is 28.3. The van der Waals surface area contributed by atoms with Gasteiger partial charge in [-0.05, 0) is 57.5 Å². The molecule has 0 aliphatic carbocycles. The van der Waals surface area contributed by atoms with E-state index in [1.165, 1.54) is 0 Å². The summed E-state index contributed by atoms with van der Waals surface area (Å²) >= 11 is 0. The maximum atomic E-state index is 14.0. The molecule has 6 rings (SSSR count). The zero-order valence-corrected chi connectivity index (χ0v) is 52.5. The van der Waals surface area contributed by atoms with Crippen molar-refractivity contribution in [2.45, 2.75) is 163 Å². The zero-order valence-electron chi connectivity index (χ0n) is 50.5. The molecule has 0 saturated heterocycles. The summed E-state index contributed by atoms with van der Waals surface area (Å²) in [6, 6.07) is 11.8. The van der Waals surface area contributed by atoms with Crippen molar-refractivity contribution < 1.29 is 38.3 Å². The summed E-state index contributed by atoms with van der Waals surface area (Å²) in [6.45, 7) is 34.9. The molecule has 16 nitrogen and oxygen atoms in total. The first-order chi connectivity index (χ1) is 36.6. The highest BCUT2D eigenvalue weighted by molar-refractivity contribution is 6.83. The molecule has 0 radical (unpaired) electrons. The van der Waals surface area contributed by atoms with Gasteiger partial charge in [0.15, 0.2) is 56.5 Å². The third-order valence-corrected chi connectivity index (χ3v) is 29.7. The van der Waals surface area contributed by atoms with Crippen molar-refractivity contribution in [3.63, 3.8) is 0 Å². The molecule has 0 fully saturated rings. The Balaban J connectivity index is 0.000000287. The molecular formula is C60H86N8O8Si2. The molecular weight excluding hydrogens is 1020 g/mol. The summed E-state index contributed by atoms with van der Waals surface area (Å²) in [5.41, 5.74) is 7.46. The van der Waals surface area contributed by atoms with E-state index in [1.807, 2.05) is 58.2 Å². The van der Waals surface area contributed by atoms with E-state index in [0.717, 1.165) is 16.8 Å². The molecule has 0 spiro atoms. The quantitative estimate of drug-likeness (QED) is 0.0497. The zero-order chi connectivity index (χ0) is 58.6. The number of ether oxygens (including phenoxy) is 6. The molecule has 78 heavy (non-hydrogen) atoms. The van der Waals surface area contributed by atoms with Crippen LogP contribution in [0.1, 0.15) is 146 Å². The number of aliphatic hydroxyl groups excluding tert-OH is 1. The number of Topliss-reactive ketones (excluding diaryl/α,β-unsaturated/α-hetero) is 1. The molecule has 4 aromatic heterocycles. The van der Waals surface area contributed by atoms with Gasteiger partial charge in [-0.1, -0.05) is 111 Å². The lowest BCUT2D eigenvalue weighted by atomic mass is 9.81. The number of fused-ring (bicyclic) bond motifs is 2. The fourth-order valence-electron chi connectivity index (χ4n) is 12.7. The minimum atomic E-state index is -2.27. The second kappa shape index (κ2) is 24.7. The van der Waals surface area contributed by atoms with Gasteiger partial charge < -0.3 is 42.0 Å². The van der Waals surface area contributed by atoms with Gasteiger partial charge in [0.1, 0.15) is 11.0 Å². The summed E-state index contributed by atoms with van der Waals surface area (Å²) < 4.78 is 37.9. The number of nitriles is 2. The first kappa shape index (κ1) is 62.4. The first-order valence-corrected chi connectivity index (χ1v) is 31.3. The molecule has 0 aliphatic heterocycles. The van der Waals surface area contributed by atoms with Crippen LogP contribution in [0.4, 0.5) is 0 Å². The number of nitrogens with zero attached hydrogens (tertiary/aromatic N) is 8. The van der Waals surface area contributed by atoms with E-state index in [2.05, 4.69) is 110 Å². The lowest BCUT2D eigenvalue weighted by Crippen LogP contribution is -2.51. The van der Waals surface area contributed by atoms with Crippen molar-refractivity contribution in [2.24, 2.45) is 10.8 Å². The van der Waals surface area contributed by atoms with E-state index in [4.69, 9.17) is 48.4 Å². The maximum Gasteiger partial charge on any atom is 0.203 e. The van der Waals surface area contributed by atoms with Gasteiger partial charge in [-0.3, -0.25) is 4.79 Å². The fraction of sp³-hybridized carbons (Fsp3) is 0.550. The van der Waals surface area contributed by atoms with Crippen LogP contribution in [0.5, 0.6) is 34.5 Å². The minimum absolute atomic E-state index is 0.108. The smallest absolute Gasteiger partial charge is 0.203 e. The van der Waals surface area contributed by atoms with Crippen molar-refractivity contribution in [3.05, 3.63) is 60.2 Å². The Morgan fingerprint density at radius 3 is 1.24 bits per heavy atom. The van der Waals surface area contributed by atoms with Crippen LogP contribution >= 0.6 is 0 Å². The van der Waals surface area contributed by atoms with Crippen LogP contribution < -0.4 is 28.4 Å². The number of carbonyl (C=O) groups excluding carboxylic acids is 1. The first-order valence-electron chi connectivity index (χ1n) is 27.0. The van der Waals surface area contributed by atoms with E-state index in [1.54, 1.807) is 55.1 Å². The number of carbonyl (C=O) groups is 1. The molecule has 0 bridgehead atoms. The fourth-order valence-corrected chi connectivity index (χ4v) is 25.8. The average molecular weight is 1100 g/mol. The van der Waals surface area contributed by atoms with E-state index in [-0.39, 0.29) is 18.6 Å². The normalized spacial score (nSPS) is 12.8. The second-order valence-electron chi connectivity index (χ2n) is 23.5. The van der Waals surface area contributed by atoms with Gasteiger partial charge >= 0.3 is 0 Å². The number of hydrogen-bond donors (Lipinski definition) is 1. The third-order valence-electron chi connectivity index (χ3n) is 16.3. The van der Waals surface area contributed by atoms with Gasteiger partial charge in [-0.2, -0.15) is 10.5 Å². The molecule has 2 aromatic carbocycles. The Morgan fingerprint density at radius 2 is 0.910 bits per heavy atom. The van der Waals surface area contributed by atoms with Crippen LogP contribution in [-0.2, 0) is 0 Å². The van der Waals surface area contributed by atoms with Crippen molar-refractivity contribution in [1.29, 1.82) is 10.5 Å². The molecule has 0 saturated carbocycles. The number of methoxy groups -OCH3 is 6. The van der Waals surface area contributed by atoms with E-state index in [9.17, 15) is 20.4 Å². The highest BCUT2D eigenvalue weighted by Crippen LogP contribution is 2.49. The number of ketones is 1. The van der Waals surface area contributed by atoms with Crippen molar-refractivity contribution in [3.8, 4) is 69.2 Å². The Hall–Kier alpha value is -6.48. The van der Waals surface area contributed by atoms with Crippen LogP contribution in [0.25, 0.3) is 44.8 Å². The summed E-state index contributed by atoms with van der Waals surface area (Å²) in [5.74, 6) is 2.93. The Morgan fingerprint density at radius 1 is 0.564 bits per heavy atom. The monoisotopic (exact) mass is 1100 g/mol. The highest BCUT2D eigenvalue weighted by Gasteiger charge is 2.49. The minimum Gasteiger partial charge on any atom is -0.493 e. The maximum absolute atomic E-state index is 14.0. The summed E-state index contributed by atoms with van der Waals surface area (Å²) in [6.07, 6.45) is 7.01. The van der Waals surface area contributed by atoms with Crippen LogP contribution in [0.3, 0.4) is 0 Å². The molecule has 0 amide bonds. The van der Waals surface area contributed by atoms with Gasteiger partial charge in [0.05, 0.1) is 90.2 Å². The molecule has 4 heterocycles. The summed E-state index contributed by atoms with van der Waals surface area (Å²) in [4.78, 5) is 34.1. The number of hydrogen-bond acceptors (Lipinski definition) is 14. The molecule has 1 N–H and O–H groups in total. The Kier molecular flexibility index (Phi) is 19.7. The third kappa shape index (κ3) is 11.1. The lowest BCUT2D eigenvalue weighted by molar-refractivity contribution is 0.0536. The standard InChI is InChI=1S/C30H44N4O4Si.C30H42N4O4Si/c2*1-18(2)39(19(3)4,20(5)6)34-17-22(28(35)30(7,8)12-13-31)26-29(34)32-16-23(33-26)21-14-24(36-9)27(38-11)25(15-21)37-10/h14-20,28,35H,12H2,1-11H3;14-20H,12H2,1-11H3. The van der Waals surface area contributed by atoms with Gasteiger partial charge in [-0.25, -0.2) is 19.9 Å². The predicted octanol–water partition coefficient (Wildman–Crippen LogP) is 14.4. The molecule has 422 valence electrons. The van der Waals surface area contributed by atoms with Gasteiger partial charge in [-0.15, -0.1) is 0 Å². The van der Waals surface area contributed by atoms with Crippen molar-refractivity contribution in [2.75, 3.05) is 42.7 Å². The topological polar surface area (TPSA) is 202 Å². The molecule has 6 aromatic rings. The SMILES string of the molecule is COc1cc(-c2cnc3c(n2)c(C(=O)C(C)(C)CC#N)cn3[Si](C(C)C)(C(C)C)C(C)C)cc(OC)c1OC.COc1cc(-c2cnc3c(n2)c(C(O)C(C)(C)CC#N)cn3[Si](C(C)C)(C(C)C)C(C)C)cc(OC)c1OC. The number of aromatic nitrogens is 6. The molecule has 1 atom stereocenters. The van der Waals surface area contributed by atoms with Crippen LogP contribution in [-0.4, -0.2) is 98.4 Å². The Bertz CT molecular complexity index is 3090. The number of rotatable bonds is 22. The van der Waals surface area contributed by atoms with E-state index >= 15 is 0 Å². The molecule has 0 aliphatic rings. The van der Waals surface area contributed by atoms with Gasteiger partial charge in [0.25, 0.3) is 0 Å². The van der Waals surface area contributed by atoms with Crippen molar-refractivity contribution in [1.82, 2.24) is 28.4 Å². The number of benzene rings is 2. The number of aliphatic hydroxyl groups is 1. The lowest BCUT2D eigenvalue weighted by Gasteiger charge is -2.44. The van der Waals surface area contributed by atoms with Crippen LogP contribution in [0, 0.1) is 33.5 Å².